The van der Waals surface area contributed by atoms with Gasteiger partial charge in [0.25, 0.3) is 11.8 Å². The van der Waals surface area contributed by atoms with Crippen molar-refractivity contribution in [3.8, 4) is 0 Å². The van der Waals surface area contributed by atoms with Crippen molar-refractivity contribution in [1.29, 1.82) is 0 Å². The van der Waals surface area contributed by atoms with E-state index in [1.54, 1.807) is 12.1 Å². The zero-order valence-electron chi connectivity index (χ0n) is 16.4. The average molecular weight is 411 g/mol. The van der Waals surface area contributed by atoms with Gasteiger partial charge in [0.1, 0.15) is 11.4 Å². The number of aromatic nitrogens is 2. The van der Waals surface area contributed by atoms with Gasteiger partial charge in [-0.25, -0.2) is 10.8 Å². The van der Waals surface area contributed by atoms with Gasteiger partial charge in [0, 0.05) is 24.0 Å². The number of aliphatic hydroxyl groups excluding tert-OH is 1. The maximum Gasteiger partial charge on any atom is 0.270 e. The second-order valence-electron chi connectivity index (χ2n) is 7.64. The SMILES string of the molecule is NNC(=O)c1cnc(Nc2ccc3c(c2)CCNC3=O)nc1N[C@H](CO)CC1CC1. The van der Waals surface area contributed by atoms with Crippen molar-refractivity contribution in [3.05, 3.63) is 41.1 Å². The first-order chi connectivity index (χ1) is 14.6. The van der Waals surface area contributed by atoms with E-state index in [0.29, 0.717) is 23.8 Å². The van der Waals surface area contributed by atoms with Crippen LogP contribution in [0.4, 0.5) is 17.5 Å². The molecule has 0 radical (unpaired) electrons. The molecule has 158 valence electrons. The molecule has 7 N–H and O–H groups in total. The highest BCUT2D eigenvalue weighted by Gasteiger charge is 2.26. The molecular formula is C20H25N7O3. The second kappa shape index (κ2) is 8.64. The molecule has 10 nitrogen and oxygen atoms in total. The number of benzene rings is 1. The Kier molecular flexibility index (Phi) is 5.77. The van der Waals surface area contributed by atoms with Crippen LogP contribution in [0.5, 0.6) is 0 Å². The number of nitrogens with one attached hydrogen (secondary N) is 4. The first-order valence-corrected chi connectivity index (χ1v) is 10.0. The lowest BCUT2D eigenvalue weighted by molar-refractivity contribution is 0.0941. The number of nitrogens with zero attached hydrogens (tertiary/aromatic N) is 2. The molecule has 1 aromatic heterocycles. The minimum absolute atomic E-state index is 0.0696. The number of hydrogen-bond acceptors (Lipinski definition) is 8. The predicted molar refractivity (Wildman–Crippen MR) is 111 cm³/mol. The van der Waals surface area contributed by atoms with E-state index < -0.39 is 5.91 Å². The Balaban J connectivity index is 1.57. The fraction of sp³-hybridized carbons (Fsp3) is 0.400. The quantitative estimate of drug-likeness (QED) is 0.211. The number of nitrogen functional groups attached to an aromatic ring is 1. The number of hydrazine groups is 1. The number of anilines is 3. The van der Waals surface area contributed by atoms with Crippen molar-refractivity contribution >= 4 is 29.3 Å². The van der Waals surface area contributed by atoms with Crippen molar-refractivity contribution in [2.45, 2.75) is 31.7 Å². The zero-order valence-corrected chi connectivity index (χ0v) is 16.4. The van der Waals surface area contributed by atoms with Gasteiger partial charge in [-0.3, -0.25) is 15.0 Å². The average Bonchev–Trinajstić information content (AvgIpc) is 3.57. The summed E-state index contributed by atoms with van der Waals surface area (Å²) in [5.74, 6) is 5.86. The molecule has 2 heterocycles. The van der Waals surface area contributed by atoms with Gasteiger partial charge in [0.2, 0.25) is 5.95 Å². The Bertz CT molecular complexity index is 961. The van der Waals surface area contributed by atoms with Crippen LogP contribution in [-0.4, -0.2) is 46.1 Å². The van der Waals surface area contributed by atoms with E-state index in [9.17, 15) is 14.7 Å². The predicted octanol–water partition coefficient (Wildman–Crippen LogP) is 0.682. The van der Waals surface area contributed by atoms with E-state index in [-0.39, 0.29) is 30.1 Å². The number of fused-ring (bicyclic) bond motifs is 1. The molecule has 1 aromatic carbocycles. The number of hydrogen-bond donors (Lipinski definition) is 6. The number of amides is 2. The Morgan fingerprint density at radius 1 is 1.37 bits per heavy atom. The lowest BCUT2D eigenvalue weighted by atomic mass is 10.00. The molecule has 1 fully saturated rings. The highest BCUT2D eigenvalue weighted by atomic mass is 16.3. The third-order valence-corrected chi connectivity index (χ3v) is 5.33. The lowest BCUT2D eigenvalue weighted by Crippen LogP contribution is -2.33. The Hall–Kier alpha value is -3.24. The largest absolute Gasteiger partial charge is 0.394 e. The van der Waals surface area contributed by atoms with E-state index in [2.05, 4.69) is 31.3 Å². The fourth-order valence-corrected chi connectivity index (χ4v) is 3.56. The van der Waals surface area contributed by atoms with Crippen LogP contribution in [0.25, 0.3) is 0 Å². The highest BCUT2D eigenvalue weighted by molar-refractivity contribution is 5.98. The van der Waals surface area contributed by atoms with Gasteiger partial charge in [-0.15, -0.1) is 0 Å². The lowest BCUT2D eigenvalue weighted by Gasteiger charge is -2.19. The van der Waals surface area contributed by atoms with E-state index in [1.807, 2.05) is 6.07 Å². The normalized spacial score (nSPS) is 16.3. The smallest absolute Gasteiger partial charge is 0.270 e. The molecule has 0 unspecified atom stereocenters. The van der Waals surface area contributed by atoms with Crippen LogP contribution in [-0.2, 0) is 6.42 Å². The number of carbonyl (C=O) groups excluding carboxylic acids is 2. The molecule has 0 bridgehead atoms. The Morgan fingerprint density at radius 3 is 2.93 bits per heavy atom. The van der Waals surface area contributed by atoms with Gasteiger partial charge in [-0.05, 0) is 42.5 Å². The topological polar surface area (TPSA) is 154 Å². The van der Waals surface area contributed by atoms with Gasteiger partial charge in [0.15, 0.2) is 0 Å². The van der Waals surface area contributed by atoms with E-state index in [0.717, 1.165) is 36.9 Å². The molecule has 1 aliphatic carbocycles. The molecule has 1 saturated carbocycles. The monoisotopic (exact) mass is 411 g/mol. The van der Waals surface area contributed by atoms with Crippen LogP contribution < -0.4 is 27.2 Å². The van der Waals surface area contributed by atoms with Crippen LogP contribution in [0.3, 0.4) is 0 Å². The van der Waals surface area contributed by atoms with Gasteiger partial charge >= 0.3 is 0 Å². The fourth-order valence-electron chi connectivity index (χ4n) is 3.56. The molecule has 4 rings (SSSR count). The van der Waals surface area contributed by atoms with Crippen LogP contribution >= 0.6 is 0 Å². The third kappa shape index (κ3) is 4.50. The number of rotatable bonds is 8. The molecule has 2 amide bonds. The maximum atomic E-state index is 12.1. The summed E-state index contributed by atoms with van der Waals surface area (Å²) in [6.07, 6.45) is 5.25. The van der Waals surface area contributed by atoms with Crippen LogP contribution in [0.15, 0.2) is 24.4 Å². The van der Waals surface area contributed by atoms with E-state index in [4.69, 9.17) is 5.84 Å². The minimum atomic E-state index is -0.521. The summed E-state index contributed by atoms with van der Waals surface area (Å²) in [5, 5.41) is 18.8. The van der Waals surface area contributed by atoms with E-state index in [1.165, 1.54) is 6.20 Å². The summed E-state index contributed by atoms with van der Waals surface area (Å²) in [6.45, 7) is 0.534. The van der Waals surface area contributed by atoms with Gasteiger partial charge in [-0.2, -0.15) is 4.98 Å². The van der Waals surface area contributed by atoms with Gasteiger partial charge < -0.3 is 21.1 Å². The molecule has 2 aromatic rings. The maximum absolute atomic E-state index is 12.1. The molecule has 2 aliphatic rings. The molecule has 1 aliphatic heterocycles. The standard InChI is InChI=1S/C20H25N7O3/c21-27-19(30)16-9-23-20(26-17(16)24-14(10-28)7-11-1-2-11)25-13-3-4-15-12(8-13)5-6-22-18(15)29/h3-4,8-9,11,14,28H,1-2,5-7,10,21H2,(H,22,29)(H,27,30)(H2,23,24,25,26)/t14-/m0/s1. The molecule has 30 heavy (non-hydrogen) atoms. The van der Waals surface area contributed by atoms with Crippen LogP contribution in [0, 0.1) is 5.92 Å². The number of carbonyl (C=O) groups is 2. The third-order valence-electron chi connectivity index (χ3n) is 5.33. The van der Waals surface area contributed by atoms with Crippen molar-refractivity contribution in [3.63, 3.8) is 0 Å². The molecule has 0 saturated heterocycles. The van der Waals surface area contributed by atoms with Gasteiger partial charge in [0.05, 0.1) is 12.6 Å². The summed E-state index contributed by atoms with van der Waals surface area (Å²) in [4.78, 5) is 32.7. The summed E-state index contributed by atoms with van der Waals surface area (Å²) < 4.78 is 0. The van der Waals surface area contributed by atoms with Crippen molar-refractivity contribution < 1.29 is 14.7 Å². The number of nitrogens with two attached hydrogens (primary N) is 1. The summed E-state index contributed by atoms with van der Waals surface area (Å²) >= 11 is 0. The molecule has 10 heteroatoms. The molecule has 0 spiro atoms. The highest BCUT2D eigenvalue weighted by Crippen LogP contribution is 2.34. The Labute approximate surface area is 173 Å². The second-order valence-corrected chi connectivity index (χ2v) is 7.64. The zero-order chi connectivity index (χ0) is 21.1. The van der Waals surface area contributed by atoms with Crippen molar-refractivity contribution in [2.75, 3.05) is 23.8 Å². The summed E-state index contributed by atoms with van der Waals surface area (Å²) in [7, 11) is 0. The summed E-state index contributed by atoms with van der Waals surface area (Å²) in [6, 6.07) is 5.23. The summed E-state index contributed by atoms with van der Waals surface area (Å²) in [5.41, 5.74) is 4.64. The first kappa shape index (κ1) is 20.0. The Morgan fingerprint density at radius 2 is 2.20 bits per heavy atom. The van der Waals surface area contributed by atoms with Crippen LogP contribution in [0.2, 0.25) is 0 Å². The first-order valence-electron chi connectivity index (χ1n) is 10.0. The van der Waals surface area contributed by atoms with E-state index >= 15 is 0 Å². The minimum Gasteiger partial charge on any atom is -0.394 e. The number of aliphatic hydroxyl groups is 1. The molecular weight excluding hydrogens is 386 g/mol. The van der Waals surface area contributed by atoms with Crippen molar-refractivity contribution in [1.82, 2.24) is 20.7 Å². The van der Waals surface area contributed by atoms with Crippen molar-refractivity contribution in [2.24, 2.45) is 11.8 Å². The molecule has 1 atom stereocenters. The van der Waals surface area contributed by atoms with Crippen LogP contribution in [0.1, 0.15) is 45.5 Å². The van der Waals surface area contributed by atoms with Gasteiger partial charge in [-0.1, -0.05) is 12.8 Å².